The molecule has 0 radical (unpaired) electrons. The van der Waals surface area contributed by atoms with Gasteiger partial charge in [0.05, 0.1) is 16.9 Å². The third-order valence-corrected chi connectivity index (χ3v) is 9.18. The summed E-state index contributed by atoms with van der Waals surface area (Å²) in [6.45, 7) is 11.7. The Balaban J connectivity index is 1.45. The lowest BCUT2D eigenvalue weighted by molar-refractivity contribution is 0.115. The molecule has 40 heavy (non-hydrogen) atoms. The van der Waals surface area contributed by atoms with Gasteiger partial charge in [-0.3, -0.25) is 19.2 Å². The molecular weight excluding hydrogens is 500 g/mol. The van der Waals surface area contributed by atoms with Crippen molar-refractivity contribution in [1.29, 1.82) is 0 Å². The van der Waals surface area contributed by atoms with Crippen LogP contribution >= 0.6 is 0 Å². The zero-order valence-electron chi connectivity index (χ0n) is 24.9. The van der Waals surface area contributed by atoms with Crippen molar-refractivity contribution in [3.05, 3.63) is 64.2 Å². The number of hydrogen-bond acceptors (Lipinski definition) is 7. The van der Waals surface area contributed by atoms with E-state index in [1.165, 1.54) is 0 Å². The molecule has 8 nitrogen and oxygen atoms in total. The normalized spacial score (nSPS) is 20.8. The summed E-state index contributed by atoms with van der Waals surface area (Å²) in [6, 6.07) is 14.5. The highest BCUT2D eigenvalue weighted by Crippen LogP contribution is 2.40. The number of benzene rings is 2. The summed E-state index contributed by atoms with van der Waals surface area (Å²) in [6.07, 6.45) is 3.90. The second kappa shape index (κ2) is 11.9. The summed E-state index contributed by atoms with van der Waals surface area (Å²) in [7, 11) is 4.25. The van der Waals surface area contributed by atoms with Crippen LogP contribution in [0.15, 0.2) is 47.3 Å². The van der Waals surface area contributed by atoms with Crippen molar-refractivity contribution in [3.63, 3.8) is 0 Å². The minimum absolute atomic E-state index is 0.0630. The average molecular weight is 547 g/mol. The molecule has 0 spiro atoms. The van der Waals surface area contributed by atoms with E-state index in [1.807, 2.05) is 22.8 Å². The number of phenolic OH excluding ortho intramolecular Hbond substituents is 1. The summed E-state index contributed by atoms with van der Waals surface area (Å²) in [4.78, 5) is 26.3. The Hall–Kier alpha value is -2.94. The summed E-state index contributed by atoms with van der Waals surface area (Å²) in [5.74, 6) is 1.21. The minimum Gasteiger partial charge on any atom is -0.508 e. The Kier molecular flexibility index (Phi) is 8.50. The molecule has 2 saturated heterocycles. The molecule has 0 bridgehead atoms. The van der Waals surface area contributed by atoms with Crippen molar-refractivity contribution >= 4 is 16.6 Å². The van der Waals surface area contributed by atoms with E-state index in [2.05, 4.69) is 73.1 Å². The monoisotopic (exact) mass is 546 g/mol. The number of piperazine rings is 1. The van der Waals surface area contributed by atoms with Crippen LogP contribution in [0.2, 0.25) is 0 Å². The first-order chi connectivity index (χ1) is 19.3. The maximum absolute atomic E-state index is 13.9. The van der Waals surface area contributed by atoms with Crippen LogP contribution in [0.1, 0.15) is 63.9 Å². The quantitative estimate of drug-likeness (QED) is 0.436. The molecule has 0 aliphatic carbocycles. The average Bonchev–Trinajstić information content (AvgIpc) is 2.95. The number of nitrogens with one attached hydrogen (secondary N) is 1. The van der Waals surface area contributed by atoms with Gasteiger partial charge in [0.1, 0.15) is 11.6 Å². The fraction of sp³-hybridized carbons (Fsp3) is 0.562. The lowest BCUT2D eigenvalue weighted by Gasteiger charge is -2.47. The maximum atomic E-state index is 13.9. The lowest BCUT2D eigenvalue weighted by atomic mass is 9.79. The third-order valence-electron chi connectivity index (χ3n) is 9.18. The van der Waals surface area contributed by atoms with Crippen molar-refractivity contribution < 1.29 is 5.11 Å². The second-order valence-electron chi connectivity index (χ2n) is 11.8. The molecule has 8 heteroatoms. The number of aromatic hydroxyl groups is 1. The van der Waals surface area contributed by atoms with E-state index in [1.54, 1.807) is 6.07 Å². The smallest absolute Gasteiger partial charge is 0.261 e. The van der Waals surface area contributed by atoms with Crippen molar-refractivity contribution in [2.45, 2.75) is 70.6 Å². The van der Waals surface area contributed by atoms with Gasteiger partial charge in [0, 0.05) is 56.5 Å². The van der Waals surface area contributed by atoms with Gasteiger partial charge in [-0.2, -0.15) is 0 Å². The van der Waals surface area contributed by atoms with Crippen molar-refractivity contribution in [2.75, 3.05) is 51.7 Å². The van der Waals surface area contributed by atoms with E-state index in [9.17, 15) is 9.90 Å². The Bertz CT molecular complexity index is 1380. The number of nitrogens with zero attached hydrogens (tertiary/aromatic N) is 5. The van der Waals surface area contributed by atoms with E-state index in [4.69, 9.17) is 4.98 Å². The van der Waals surface area contributed by atoms with Crippen LogP contribution in [0, 0.1) is 0 Å². The Labute approximate surface area is 238 Å². The molecule has 2 atom stereocenters. The molecule has 2 aliphatic heterocycles. The number of phenols is 1. The highest BCUT2D eigenvalue weighted by Gasteiger charge is 2.38. The summed E-state index contributed by atoms with van der Waals surface area (Å²) >= 11 is 0. The molecule has 0 unspecified atom stereocenters. The van der Waals surface area contributed by atoms with E-state index >= 15 is 0 Å². The van der Waals surface area contributed by atoms with E-state index < -0.39 is 0 Å². The zero-order valence-corrected chi connectivity index (χ0v) is 24.9. The fourth-order valence-electron chi connectivity index (χ4n) is 6.90. The maximum Gasteiger partial charge on any atom is 0.261 e. The van der Waals surface area contributed by atoms with Crippen molar-refractivity contribution in [2.24, 2.45) is 0 Å². The topological polar surface area (TPSA) is 76.9 Å². The van der Waals surface area contributed by atoms with Gasteiger partial charge in [-0.15, -0.1) is 0 Å². The molecule has 3 heterocycles. The predicted molar refractivity (Wildman–Crippen MR) is 163 cm³/mol. The van der Waals surface area contributed by atoms with Crippen LogP contribution in [0.5, 0.6) is 5.75 Å². The number of anilines is 1. The summed E-state index contributed by atoms with van der Waals surface area (Å²) in [5, 5.41) is 14.4. The standard InChI is InChI=1S/C32H46N6O2/c1-6-9-29(37-19-16-33-23(3)22-37)30-34-28-13-12-25(21-27(28)31(40)38(30)7-2)36-17-14-32(15-18-36,35(4)5)24-10-8-11-26(39)20-24/h8,10-13,20-21,23,29,33,39H,6-7,9,14-19,22H2,1-5H3/t23-,29-/m0/s1. The molecule has 2 aromatic carbocycles. The SMILES string of the molecule is CCC[C@@H](c1nc2ccc(N3CCC(c4cccc(O)c4)(N(C)C)CC3)cc2c(=O)n1CC)N1CCN[C@@H](C)C1. The molecule has 2 N–H and O–H groups in total. The molecule has 3 aromatic rings. The first-order valence-corrected chi connectivity index (χ1v) is 15.0. The van der Waals surface area contributed by atoms with Crippen LogP contribution in [0.3, 0.4) is 0 Å². The molecule has 0 amide bonds. The number of fused-ring (bicyclic) bond motifs is 1. The van der Waals surface area contributed by atoms with Gasteiger partial charge in [-0.1, -0.05) is 25.5 Å². The van der Waals surface area contributed by atoms with Crippen LogP contribution in [-0.4, -0.2) is 77.3 Å². The second-order valence-corrected chi connectivity index (χ2v) is 11.8. The van der Waals surface area contributed by atoms with Gasteiger partial charge in [0.2, 0.25) is 0 Å². The van der Waals surface area contributed by atoms with Gasteiger partial charge in [-0.05, 0) is 83.1 Å². The number of rotatable bonds is 8. The largest absolute Gasteiger partial charge is 0.508 e. The van der Waals surface area contributed by atoms with E-state index in [0.717, 1.165) is 81.0 Å². The molecule has 0 saturated carbocycles. The number of aromatic nitrogens is 2. The lowest BCUT2D eigenvalue weighted by Crippen LogP contribution is -2.51. The molecule has 1 aromatic heterocycles. The van der Waals surface area contributed by atoms with E-state index in [-0.39, 0.29) is 17.1 Å². The van der Waals surface area contributed by atoms with Gasteiger partial charge in [-0.25, -0.2) is 4.98 Å². The van der Waals surface area contributed by atoms with Crippen LogP contribution < -0.4 is 15.8 Å². The highest BCUT2D eigenvalue weighted by atomic mass is 16.3. The third kappa shape index (κ3) is 5.37. The van der Waals surface area contributed by atoms with Gasteiger partial charge in [0.25, 0.3) is 5.56 Å². The predicted octanol–water partition coefficient (Wildman–Crippen LogP) is 4.31. The molecule has 5 rings (SSSR count). The Morgan fingerprint density at radius 2 is 1.90 bits per heavy atom. The van der Waals surface area contributed by atoms with Crippen LogP contribution in [0.4, 0.5) is 5.69 Å². The van der Waals surface area contributed by atoms with Crippen molar-refractivity contribution in [1.82, 2.24) is 24.7 Å². The summed E-state index contributed by atoms with van der Waals surface area (Å²) < 4.78 is 1.91. The molecule has 2 fully saturated rings. The van der Waals surface area contributed by atoms with Gasteiger partial charge < -0.3 is 15.3 Å². The summed E-state index contributed by atoms with van der Waals surface area (Å²) in [5.41, 5.74) is 2.95. The number of hydrogen-bond donors (Lipinski definition) is 2. The van der Waals surface area contributed by atoms with Crippen LogP contribution in [0.25, 0.3) is 10.9 Å². The number of piperidine rings is 1. The molecule has 2 aliphatic rings. The van der Waals surface area contributed by atoms with E-state index in [0.29, 0.717) is 23.7 Å². The first-order valence-electron chi connectivity index (χ1n) is 15.0. The van der Waals surface area contributed by atoms with Crippen molar-refractivity contribution in [3.8, 4) is 5.75 Å². The fourth-order valence-corrected chi connectivity index (χ4v) is 6.90. The highest BCUT2D eigenvalue weighted by molar-refractivity contribution is 5.82. The van der Waals surface area contributed by atoms with Gasteiger partial charge >= 0.3 is 0 Å². The Morgan fingerprint density at radius 1 is 1.12 bits per heavy atom. The zero-order chi connectivity index (χ0) is 28.4. The minimum atomic E-state index is -0.132. The molecule has 216 valence electrons. The first kappa shape index (κ1) is 28.6. The van der Waals surface area contributed by atoms with Crippen LogP contribution in [-0.2, 0) is 12.1 Å². The Morgan fingerprint density at radius 3 is 2.55 bits per heavy atom. The molecular formula is C32H46N6O2. The van der Waals surface area contributed by atoms with Gasteiger partial charge in [0.15, 0.2) is 0 Å².